The Balaban J connectivity index is 1.71. The van der Waals surface area contributed by atoms with Crippen molar-refractivity contribution in [3.05, 3.63) is 75.6 Å². The van der Waals surface area contributed by atoms with Gasteiger partial charge in [0.05, 0.1) is 27.1 Å². The van der Waals surface area contributed by atoms with E-state index in [1.165, 1.54) is 41.0 Å². The fraction of sp³-hybridized carbons (Fsp3) is 0.238. The standard InChI is InChI=1S/C21H20N4O6S/c1-14-4-7-20(26)17(10-14)21(27)15-12-22-24(13-15)18-6-5-16(11-19(18)25(28)29)32(30,31)23-8-2-3-9-23/h4-7,10-13,26H,2-3,8-9H2,1H3. The van der Waals surface area contributed by atoms with Gasteiger partial charge in [-0.25, -0.2) is 13.1 Å². The molecule has 166 valence electrons. The highest BCUT2D eigenvalue weighted by molar-refractivity contribution is 7.89. The van der Waals surface area contributed by atoms with Gasteiger partial charge in [0.2, 0.25) is 10.0 Å². The Morgan fingerprint density at radius 2 is 1.88 bits per heavy atom. The molecule has 0 radical (unpaired) electrons. The zero-order valence-electron chi connectivity index (χ0n) is 17.1. The van der Waals surface area contributed by atoms with Crippen molar-refractivity contribution < 1.29 is 23.2 Å². The fourth-order valence-corrected chi connectivity index (χ4v) is 5.18. The lowest BCUT2D eigenvalue weighted by atomic mass is 10.0. The third-order valence-corrected chi connectivity index (χ3v) is 7.23. The number of phenolic OH excluding ortho intramolecular Hbond substituents is 1. The number of aromatic nitrogens is 2. The molecule has 1 aliphatic rings. The summed E-state index contributed by atoms with van der Waals surface area (Å²) in [7, 11) is -3.83. The van der Waals surface area contributed by atoms with E-state index < -0.39 is 26.4 Å². The van der Waals surface area contributed by atoms with Gasteiger partial charge in [0.1, 0.15) is 11.4 Å². The van der Waals surface area contributed by atoms with Crippen LogP contribution < -0.4 is 0 Å². The number of hydrogen-bond acceptors (Lipinski definition) is 7. The molecule has 1 saturated heterocycles. The van der Waals surface area contributed by atoms with E-state index >= 15 is 0 Å². The van der Waals surface area contributed by atoms with Crippen molar-refractivity contribution in [3.8, 4) is 11.4 Å². The number of rotatable bonds is 6. The summed E-state index contributed by atoms with van der Waals surface area (Å²) in [6.45, 7) is 2.55. The number of hydrogen-bond donors (Lipinski definition) is 1. The highest BCUT2D eigenvalue weighted by Gasteiger charge is 2.30. The van der Waals surface area contributed by atoms with Crippen LogP contribution in [0.4, 0.5) is 5.69 Å². The molecule has 0 amide bonds. The molecule has 10 nitrogen and oxygen atoms in total. The molecule has 32 heavy (non-hydrogen) atoms. The number of nitro groups is 1. The molecular weight excluding hydrogens is 436 g/mol. The smallest absolute Gasteiger partial charge is 0.296 e. The lowest BCUT2D eigenvalue weighted by Crippen LogP contribution is -2.27. The summed E-state index contributed by atoms with van der Waals surface area (Å²) < 4.78 is 28.0. The minimum atomic E-state index is -3.83. The number of aryl methyl sites for hydroxylation is 1. The average Bonchev–Trinajstić information content (AvgIpc) is 3.47. The SMILES string of the molecule is Cc1ccc(O)c(C(=O)c2cnn(-c3ccc(S(=O)(=O)N4CCCC4)cc3[N+](=O)[O-])c2)c1. The van der Waals surface area contributed by atoms with Gasteiger partial charge in [-0.2, -0.15) is 9.40 Å². The van der Waals surface area contributed by atoms with E-state index in [2.05, 4.69) is 5.10 Å². The van der Waals surface area contributed by atoms with Crippen LogP contribution in [-0.2, 0) is 10.0 Å². The zero-order valence-corrected chi connectivity index (χ0v) is 17.9. The maximum absolute atomic E-state index is 12.8. The number of benzene rings is 2. The van der Waals surface area contributed by atoms with Crippen molar-refractivity contribution in [2.45, 2.75) is 24.7 Å². The predicted molar refractivity (Wildman–Crippen MR) is 114 cm³/mol. The normalized spacial score (nSPS) is 14.5. The van der Waals surface area contributed by atoms with Gasteiger partial charge < -0.3 is 5.11 Å². The molecule has 0 atom stereocenters. The lowest BCUT2D eigenvalue weighted by molar-refractivity contribution is -0.384. The van der Waals surface area contributed by atoms with Crippen molar-refractivity contribution in [3.63, 3.8) is 0 Å². The maximum Gasteiger partial charge on any atom is 0.296 e. The molecule has 3 aromatic rings. The van der Waals surface area contributed by atoms with Crippen LogP contribution in [0.1, 0.15) is 34.3 Å². The molecule has 1 aromatic heterocycles. The van der Waals surface area contributed by atoms with E-state index in [9.17, 15) is 28.4 Å². The van der Waals surface area contributed by atoms with Crippen molar-refractivity contribution in [2.24, 2.45) is 0 Å². The highest BCUT2D eigenvalue weighted by atomic mass is 32.2. The summed E-state index contributed by atoms with van der Waals surface area (Å²) in [4.78, 5) is 23.6. The molecule has 0 saturated carbocycles. The third-order valence-electron chi connectivity index (χ3n) is 5.33. The molecule has 1 fully saturated rings. The first-order chi connectivity index (χ1) is 15.2. The van der Waals surface area contributed by atoms with Crippen molar-refractivity contribution in [2.75, 3.05) is 13.1 Å². The Bertz CT molecular complexity index is 1330. The molecule has 1 aliphatic heterocycles. The first-order valence-electron chi connectivity index (χ1n) is 9.86. The van der Waals surface area contributed by atoms with E-state index in [1.807, 2.05) is 0 Å². The van der Waals surface area contributed by atoms with Crippen molar-refractivity contribution >= 4 is 21.5 Å². The number of carbonyl (C=O) groups is 1. The largest absolute Gasteiger partial charge is 0.507 e. The predicted octanol–water partition coefficient (Wildman–Crippen LogP) is 2.81. The van der Waals surface area contributed by atoms with Crippen LogP contribution >= 0.6 is 0 Å². The van der Waals surface area contributed by atoms with Gasteiger partial charge in [-0.1, -0.05) is 11.6 Å². The Hall–Kier alpha value is -3.57. The second kappa shape index (κ2) is 8.17. The Labute approximate surface area is 183 Å². The van der Waals surface area contributed by atoms with Gasteiger partial charge in [-0.15, -0.1) is 0 Å². The van der Waals surface area contributed by atoms with Gasteiger partial charge in [0, 0.05) is 25.4 Å². The van der Waals surface area contributed by atoms with Crippen LogP contribution in [0.25, 0.3) is 5.69 Å². The molecule has 0 spiro atoms. The quantitative estimate of drug-likeness (QED) is 0.342. The first kappa shape index (κ1) is 21.7. The lowest BCUT2D eigenvalue weighted by Gasteiger charge is -2.15. The van der Waals surface area contributed by atoms with Gasteiger partial charge >= 0.3 is 0 Å². The number of nitro benzene ring substituents is 1. The molecular formula is C21H20N4O6S. The topological polar surface area (TPSA) is 136 Å². The van der Waals surface area contributed by atoms with Gasteiger partial charge in [0.15, 0.2) is 5.78 Å². The Morgan fingerprint density at radius 1 is 1.16 bits per heavy atom. The highest BCUT2D eigenvalue weighted by Crippen LogP contribution is 2.30. The summed E-state index contributed by atoms with van der Waals surface area (Å²) in [6, 6.07) is 8.22. The van der Waals surface area contributed by atoms with Crippen LogP contribution in [-0.4, -0.2) is 51.4 Å². The monoisotopic (exact) mass is 456 g/mol. The number of aromatic hydroxyl groups is 1. The number of carbonyl (C=O) groups excluding carboxylic acids is 1. The van der Waals surface area contributed by atoms with Crippen LogP contribution in [0.15, 0.2) is 53.7 Å². The van der Waals surface area contributed by atoms with E-state index in [-0.39, 0.29) is 27.5 Å². The number of sulfonamides is 1. The Morgan fingerprint density at radius 3 is 2.56 bits per heavy atom. The minimum Gasteiger partial charge on any atom is -0.507 e. The summed E-state index contributed by atoms with van der Waals surface area (Å²) in [5, 5.41) is 25.7. The summed E-state index contributed by atoms with van der Waals surface area (Å²) in [5.41, 5.74) is 0.553. The first-order valence-corrected chi connectivity index (χ1v) is 11.3. The van der Waals surface area contributed by atoms with E-state index in [1.54, 1.807) is 13.0 Å². The average molecular weight is 456 g/mol. The van der Waals surface area contributed by atoms with Crippen molar-refractivity contribution in [1.82, 2.24) is 14.1 Å². The van der Waals surface area contributed by atoms with Crippen LogP contribution in [0.5, 0.6) is 5.75 Å². The molecule has 2 aromatic carbocycles. The second-order valence-corrected chi connectivity index (χ2v) is 9.48. The van der Waals surface area contributed by atoms with E-state index in [4.69, 9.17) is 0 Å². The van der Waals surface area contributed by atoms with Gasteiger partial charge in [0.25, 0.3) is 5.69 Å². The third kappa shape index (κ3) is 3.87. The van der Waals surface area contributed by atoms with Crippen LogP contribution in [0.2, 0.25) is 0 Å². The molecule has 0 bridgehead atoms. The fourth-order valence-electron chi connectivity index (χ4n) is 3.64. The molecule has 0 aliphatic carbocycles. The zero-order chi connectivity index (χ0) is 23.0. The molecule has 2 heterocycles. The summed E-state index contributed by atoms with van der Waals surface area (Å²) >= 11 is 0. The van der Waals surface area contributed by atoms with Gasteiger partial charge in [-0.3, -0.25) is 14.9 Å². The minimum absolute atomic E-state index is 0.0166. The molecule has 11 heteroatoms. The molecule has 0 unspecified atom stereocenters. The van der Waals surface area contributed by atoms with Crippen LogP contribution in [0, 0.1) is 17.0 Å². The van der Waals surface area contributed by atoms with Crippen LogP contribution in [0.3, 0.4) is 0 Å². The number of nitrogens with zero attached hydrogens (tertiary/aromatic N) is 4. The van der Waals surface area contributed by atoms with E-state index in [0.717, 1.165) is 29.2 Å². The van der Waals surface area contributed by atoms with E-state index in [0.29, 0.717) is 13.1 Å². The number of phenols is 1. The van der Waals surface area contributed by atoms with Gasteiger partial charge in [-0.05, 0) is 44.0 Å². The molecule has 1 N–H and O–H groups in total. The van der Waals surface area contributed by atoms with Crippen molar-refractivity contribution in [1.29, 1.82) is 0 Å². The second-order valence-electron chi connectivity index (χ2n) is 7.54. The molecule has 4 rings (SSSR count). The Kier molecular flexibility index (Phi) is 5.53. The summed E-state index contributed by atoms with van der Waals surface area (Å²) in [6.07, 6.45) is 4.05. The maximum atomic E-state index is 12.8. The summed E-state index contributed by atoms with van der Waals surface area (Å²) in [5.74, 6) is -0.677. The number of ketones is 1.